The molecule has 3 rings (SSSR count). The maximum atomic E-state index is 12.3. The van der Waals surface area contributed by atoms with Crippen molar-refractivity contribution in [2.24, 2.45) is 5.14 Å². The van der Waals surface area contributed by atoms with Gasteiger partial charge < -0.3 is 9.80 Å². The molecular formula is C19H23N3O3S2. The van der Waals surface area contributed by atoms with Crippen LogP contribution < -0.4 is 10.0 Å². The molecule has 1 aliphatic rings. The van der Waals surface area contributed by atoms with E-state index in [0.29, 0.717) is 18.7 Å². The lowest BCUT2D eigenvalue weighted by atomic mass is 10.1. The minimum Gasteiger partial charge on any atom is -0.378 e. The van der Waals surface area contributed by atoms with E-state index >= 15 is 0 Å². The van der Waals surface area contributed by atoms with Gasteiger partial charge in [-0.2, -0.15) is 0 Å². The van der Waals surface area contributed by atoms with E-state index < -0.39 is 10.0 Å². The number of nitrogens with zero attached hydrogens (tertiary/aromatic N) is 2. The molecule has 0 aliphatic carbocycles. The van der Waals surface area contributed by atoms with Crippen LogP contribution in [-0.4, -0.2) is 45.6 Å². The number of hydrogen-bond donors (Lipinski definition) is 1. The zero-order valence-electron chi connectivity index (χ0n) is 15.3. The molecule has 144 valence electrons. The van der Waals surface area contributed by atoms with Gasteiger partial charge in [-0.3, -0.25) is 4.79 Å². The maximum Gasteiger partial charge on any atom is 0.238 e. The fraction of sp³-hybridized carbons (Fsp3) is 0.316. The smallest absolute Gasteiger partial charge is 0.238 e. The number of rotatable bonds is 6. The Labute approximate surface area is 164 Å². The van der Waals surface area contributed by atoms with Gasteiger partial charge in [0, 0.05) is 26.3 Å². The number of anilines is 1. The Kier molecular flexibility index (Phi) is 5.78. The molecule has 6 nitrogen and oxygen atoms in total. The Morgan fingerprint density at radius 3 is 2.30 bits per heavy atom. The Hall–Kier alpha value is -2.03. The van der Waals surface area contributed by atoms with Crippen LogP contribution in [0, 0.1) is 0 Å². The van der Waals surface area contributed by atoms with Gasteiger partial charge in [-0.25, -0.2) is 13.6 Å². The molecule has 1 heterocycles. The van der Waals surface area contributed by atoms with Crippen LogP contribution in [0.15, 0.2) is 53.4 Å². The van der Waals surface area contributed by atoms with E-state index in [0.717, 1.165) is 16.8 Å². The first kappa shape index (κ1) is 19.7. The quantitative estimate of drug-likeness (QED) is 0.797. The molecule has 1 atom stereocenters. The number of carbonyl (C=O) groups is 1. The molecule has 0 saturated carbocycles. The first-order valence-electron chi connectivity index (χ1n) is 8.56. The van der Waals surface area contributed by atoms with Gasteiger partial charge in [0.2, 0.25) is 15.9 Å². The average Bonchev–Trinajstić information content (AvgIpc) is 3.00. The zero-order chi connectivity index (χ0) is 19.6. The Bertz CT molecular complexity index is 910. The number of hydrogen-bond acceptors (Lipinski definition) is 5. The maximum absolute atomic E-state index is 12.3. The number of nitrogens with two attached hydrogens (primary N) is 1. The van der Waals surface area contributed by atoms with Crippen molar-refractivity contribution >= 4 is 33.4 Å². The van der Waals surface area contributed by atoms with Gasteiger partial charge in [-0.1, -0.05) is 24.3 Å². The van der Waals surface area contributed by atoms with Crippen molar-refractivity contribution in [1.29, 1.82) is 0 Å². The Balaban J connectivity index is 1.69. The Morgan fingerprint density at radius 1 is 1.11 bits per heavy atom. The van der Waals surface area contributed by atoms with Gasteiger partial charge >= 0.3 is 0 Å². The molecule has 27 heavy (non-hydrogen) atoms. The van der Waals surface area contributed by atoms with E-state index in [4.69, 9.17) is 5.14 Å². The highest BCUT2D eigenvalue weighted by Gasteiger charge is 2.32. The third-order valence-electron chi connectivity index (χ3n) is 4.56. The summed E-state index contributed by atoms with van der Waals surface area (Å²) in [5.74, 6) is 0.604. The molecule has 8 heteroatoms. The molecule has 2 N–H and O–H groups in total. The largest absolute Gasteiger partial charge is 0.378 e. The number of carbonyl (C=O) groups excluding carboxylic acids is 1. The number of sulfonamides is 1. The van der Waals surface area contributed by atoms with Crippen LogP contribution in [0.1, 0.15) is 16.5 Å². The SMILES string of the molecule is CN(C)c1ccc(C2SCC(=O)N2CCc2ccc(S(N)(=O)=O)cc2)cc1. The minimum atomic E-state index is -3.68. The van der Waals surface area contributed by atoms with Crippen LogP contribution in [-0.2, 0) is 21.2 Å². The molecule has 2 aromatic rings. The van der Waals surface area contributed by atoms with E-state index in [1.807, 2.05) is 23.9 Å². The highest BCUT2D eigenvalue weighted by Crippen LogP contribution is 2.39. The molecule has 1 fully saturated rings. The lowest BCUT2D eigenvalue weighted by Gasteiger charge is -2.25. The summed E-state index contributed by atoms with van der Waals surface area (Å²) in [5, 5.41) is 5.14. The van der Waals surface area contributed by atoms with E-state index in [1.165, 1.54) is 12.1 Å². The lowest BCUT2D eigenvalue weighted by molar-refractivity contribution is -0.128. The van der Waals surface area contributed by atoms with Gasteiger partial charge in [0.05, 0.1) is 10.6 Å². The van der Waals surface area contributed by atoms with Crippen LogP contribution in [0.4, 0.5) is 5.69 Å². The van der Waals surface area contributed by atoms with Gasteiger partial charge in [-0.15, -0.1) is 11.8 Å². The summed E-state index contributed by atoms with van der Waals surface area (Å²) in [6.07, 6.45) is 0.656. The summed E-state index contributed by atoms with van der Waals surface area (Å²) in [6, 6.07) is 14.7. The monoisotopic (exact) mass is 405 g/mol. The second kappa shape index (κ2) is 7.92. The zero-order valence-corrected chi connectivity index (χ0v) is 17.0. The normalized spacial score (nSPS) is 17.4. The lowest BCUT2D eigenvalue weighted by Crippen LogP contribution is -2.30. The number of primary sulfonamides is 1. The van der Waals surface area contributed by atoms with Crippen molar-refractivity contribution in [2.45, 2.75) is 16.7 Å². The molecule has 0 bridgehead atoms. The van der Waals surface area contributed by atoms with Crippen LogP contribution in [0.3, 0.4) is 0 Å². The number of benzene rings is 2. The molecule has 1 aliphatic heterocycles. The van der Waals surface area contributed by atoms with Crippen LogP contribution in [0.5, 0.6) is 0 Å². The van der Waals surface area contributed by atoms with Crippen LogP contribution in [0.25, 0.3) is 0 Å². The third-order valence-corrected chi connectivity index (χ3v) is 6.74. The van der Waals surface area contributed by atoms with E-state index in [1.54, 1.807) is 23.9 Å². The molecule has 0 spiro atoms. The molecule has 1 saturated heterocycles. The molecule has 2 aromatic carbocycles. The highest BCUT2D eigenvalue weighted by molar-refractivity contribution is 8.00. The van der Waals surface area contributed by atoms with Crippen molar-refractivity contribution in [3.8, 4) is 0 Å². The summed E-state index contributed by atoms with van der Waals surface area (Å²) >= 11 is 1.63. The molecular weight excluding hydrogens is 382 g/mol. The molecule has 0 aromatic heterocycles. The molecule has 0 radical (unpaired) electrons. The van der Waals surface area contributed by atoms with Crippen molar-refractivity contribution in [3.63, 3.8) is 0 Å². The predicted octanol–water partition coefficient (Wildman–Crippen LogP) is 2.22. The average molecular weight is 406 g/mol. The van der Waals surface area contributed by atoms with E-state index in [-0.39, 0.29) is 16.2 Å². The summed E-state index contributed by atoms with van der Waals surface area (Å²) < 4.78 is 22.7. The third kappa shape index (κ3) is 4.63. The second-order valence-electron chi connectivity index (χ2n) is 6.68. The summed E-state index contributed by atoms with van der Waals surface area (Å²) in [7, 11) is 0.308. The van der Waals surface area contributed by atoms with Crippen molar-refractivity contribution in [2.75, 3.05) is 31.3 Å². The number of thioether (sulfide) groups is 1. The van der Waals surface area contributed by atoms with Crippen LogP contribution in [0.2, 0.25) is 0 Å². The van der Waals surface area contributed by atoms with Gasteiger partial charge in [-0.05, 0) is 41.8 Å². The molecule has 1 amide bonds. The standard InChI is InChI=1S/C19H23N3O3S2/c1-21(2)16-7-5-15(6-8-16)19-22(18(23)13-26-19)12-11-14-3-9-17(10-4-14)27(20,24)25/h3-10,19H,11-13H2,1-2H3,(H2,20,24,25). The Morgan fingerprint density at radius 2 is 1.74 bits per heavy atom. The predicted molar refractivity (Wildman–Crippen MR) is 109 cm³/mol. The van der Waals surface area contributed by atoms with Gasteiger partial charge in [0.25, 0.3) is 0 Å². The first-order valence-corrected chi connectivity index (χ1v) is 11.2. The summed E-state index contributed by atoms with van der Waals surface area (Å²) in [4.78, 5) is 16.4. The van der Waals surface area contributed by atoms with E-state index in [2.05, 4.69) is 24.3 Å². The van der Waals surface area contributed by atoms with Gasteiger partial charge in [0.1, 0.15) is 5.37 Å². The summed E-state index contributed by atoms with van der Waals surface area (Å²) in [5.41, 5.74) is 3.20. The van der Waals surface area contributed by atoms with E-state index in [9.17, 15) is 13.2 Å². The summed E-state index contributed by atoms with van der Waals surface area (Å²) in [6.45, 7) is 0.584. The second-order valence-corrected chi connectivity index (χ2v) is 9.31. The first-order chi connectivity index (χ1) is 12.8. The fourth-order valence-corrected chi connectivity index (χ4v) is 4.74. The van der Waals surface area contributed by atoms with Gasteiger partial charge in [0.15, 0.2) is 0 Å². The highest BCUT2D eigenvalue weighted by atomic mass is 32.2. The van der Waals surface area contributed by atoms with Crippen LogP contribution >= 0.6 is 11.8 Å². The van der Waals surface area contributed by atoms with Crippen molar-refractivity contribution in [1.82, 2.24) is 4.90 Å². The molecule has 1 unspecified atom stereocenters. The topological polar surface area (TPSA) is 83.7 Å². The minimum absolute atomic E-state index is 0.0115. The number of amides is 1. The van der Waals surface area contributed by atoms with Crippen molar-refractivity contribution < 1.29 is 13.2 Å². The van der Waals surface area contributed by atoms with Crippen molar-refractivity contribution in [3.05, 3.63) is 59.7 Å². The fourth-order valence-electron chi connectivity index (χ4n) is 3.00.